The highest BCUT2D eigenvalue weighted by Crippen LogP contribution is 2.16. The molecule has 2 amide bonds. The second-order valence-electron chi connectivity index (χ2n) is 5.26. The van der Waals surface area contributed by atoms with E-state index in [1.807, 2.05) is 6.92 Å². The fraction of sp³-hybridized carbons (Fsp3) is 0.571. The average molecular weight is 279 g/mol. The van der Waals surface area contributed by atoms with Crippen LogP contribution < -0.4 is 16.2 Å². The molecule has 20 heavy (non-hydrogen) atoms. The second-order valence-corrected chi connectivity index (χ2v) is 5.26. The SMILES string of the molecule is Cc1cc(=O)n(C)cc1NC(=O)N[C@@H](C)[C@@H]1CCCO1. The molecule has 6 heteroatoms. The Morgan fingerprint density at radius 3 is 2.95 bits per heavy atom. The zero-order chi connectivity index (χ0) is 14.7. The van der Waals surface area contributed by atoms with E-state index in [0.29, 0.717) is 5.69 Å². The lowest BCUT2D eigenvalue weighted by Gasteiger charge is -2.20. The molecule has 2 atom stereocenters. The molecule has 0 spiro atoms. The Labute approximate surface area is 118 Å². The molecule has 2 N–H and O–H groups in total. The summed E-state index contributed by atoms with van der Waals surface area (Å²) in [7, 11) is 1.65. The summed E-state index contributed by atoms with van der Waals surface area (Å²) in [5.74, 6) is 0. The van der Waals surface area contributed by atoms with Crippen molar-refractivity contribution in [2.24, 2.45) is 7.05 Å². The number of rotatable bonds is 3. The second kappa shape index (κ2) is 6.09. The molecule has 1 aromatic rings. The number of carbonyl (C=O) groups excluding carboxylic acids is 1. The first-order valence-corrected chi connectivity index (χ1v) is 6.84. The number of nitrogens with zero attached hydrogens (tertiary/aromatic N) is 1. The van der Waals surface area contributed by atoms with Crippen molar-refractivity contribution in [3.8, 4) is 0 Å². The molecule has 1 fully saturated rings. The summed E-state index contributed by atoms with van der Waals surface area (Å²) < 4.78 is 6.97. The maximum Gasteiger partial charge on any atom is 0.319 e. The van der Waals surface area contributed by atoms with Crippen LogP contribution in [0.5, 0.6) is 0 Å². The first-order valence-electron chi connectivity index (χ1n) is 6.84. The first kappa shape index (κ1) is 14.6. The molecule has 0 radical (unpaired) electrons. The normalized spacial score (nSPS) is 19.6. The van der Waals surface area contributed by atoms with Gasteiger partial charge in [0, 0.05) is 25.9 Å². The molecule has 0 aromatic carbocycles. The molecule has 1 aliphatic heterocycles. The Balaban J connectivity index is 1.97. The summed E-state index contributed by atoms with van der Waals surface area (Å²) in [5.41, 5.74) is 1.28. The van der Waals surface area contributed by atoms with E-state index in [0.717, 1.165) is 25.0 Å². The number of amides is 2. The number of ether oxygens (including phenoxy) is 1. The molecule has 2 rings (SSSR count). The Bertz CT molecular complexity index is 547. The van der Waals surface area contributed by atoms with E-state index in [1.165, 1.54) is 10.6 Å². The van der Waals surface area contributed by atoms with Gasteiger partial charge in [-0.2, -0.15) is 0 Å². The number of pyridine rings is 1. The summed E-state index contributed by atoms with van der Waals surface area (Å²) in [6.07, 6.45) is 3.72. The number of urea groups is 1. The third kappa shape index (κ3) is 3.39. The van der Waals surface area contributed by atoms with Crippen LogP contribution in [-0.2, 0) is 11.8 Å². The average Bonchev–Trinajstić information content (AvgIpc) is 2.89. The minimum atomic E-state index is -0.283. The molecule has 1 aromatic heterocycles. The summed E-state index contributed by atoms with van der Waals surface area (Å²) in [4.78, 5) is 23.4. The van der Waals surface area contributed by atoms with E-state index in [2.05, 4.69) is 10.6 Å². The number of aryl methyl sites for hydroxylation is 2. The van der Waals surface area contributed by atoms with Crippen molar-refractivity contribution in [2.45, 2.75) is 38.8 Å². The van der Waals surface area contributed by atoms with Gasteiger partial charge in [0.2, 0.25) is 0 Å². The van der Waals surface area contributed by atoms with Crippen LogP contribution in [0.1, 0.15) is 25.3 Å². The van der Waals surface area contributed by atoms with Gasteiger partial charge in [0.1, 0.15) is 0 Å². The van der Waals surface area contributed by atoms with Crippen LogP contribution in [-0.4, -0.2) is 29.4 Å². The predicted octanol–water partition coefficient (Wildman–Crippen LogP) is 1.38. The Morgan fingerprint density at radius 2 is 2.30 bits per heavy atom. The van der Waals surface area contributed by atoms with Crippen LogP contribution in [0.4, 0.5) is 10.5 Å². The lowest BCUT2D eigenvalue weighted by atomic mass is 10.1. The van der Waals surface area contributed by atoms with Crippen molar-refractivity contribution < 1.29 is 9.53 Å². The van der Waals surface area contributed by atoms with Gasteiger partial charge in [0.15, 0.2) is 0 Å². The molecule has 0 bridgehead atoms. The van der Waals surface area contributed by atoms with E-state index in [-0.39, 0.29) is 23.7 Å². The van der Waals surface area contributed by atoms with E-state index < -0.39 is 0 Å². The molecule has 0 saturated carbocycles. The number of aromatic nitrogens is 1. The van der Waals surface area contributed by atoms with Gasteiger partial charge in [-0.15, -0.1) is 0 Å². The zero-order valence-corrected chi connectivity index (χ0v) is 12.1. The van der Waals surface area contributed by atoms with Crippen LogP contribution in [0, 0.1) is 6.92 Å². The minimum absolute atomic E-state index is 0.0367. The highest BCUT2D eigenvalue weighted by atomic mass is 16.5. The molecule has 1 saturated heterocycles. The highest BCUT2D eigenvalue weighted by molar-refractivity contribution is 5.90. The number of anilines is 1. The van der Waals surface area contributed by atoms with Gasteiger partial charge in [-0.05, 0) is 32.3 Å². The molecule has 1 aliphatic rings. The summed E-state index contributed by atoms with van der Waals surface area (Å²) >= 11 is 0. The van der Waals surface area contributed by atoms with Crippen LogP contribution >= 0.6 is 0 Å². The molecular formula is C14H21N3O3. The third-order valence-corrected chi connectivity index (χ3v) is 3.56. The van der Waals surface area contributed by atoms with Crippen molar-refractivity contribution in [1.82, 2.24) is 9.88 Å². The fourth-order valence-electron chi connectivity index (χ4n) is 2.31. The van der Waals surface area contributed by atoms with E-state index in [9.17, 15) is 9.59 Å². The lowest BCUT2D eigenvalue weighted by Crippen LogP contribution is -2.43. The van der Waals surface area contributed by atoms with Crippen LogP contribution in [0.15, 0.2) is 17.1 Å². The Morgan fingerprint density at radius 1 is 1.55 bits per heavy atom. The van der Waals surface area contributed by atoms with Crippen molar-refractivity contribution in [2.75, 3.05) is 11.9 Å². The van der Waals surface area contributed by atoms with Gasteiger partial charge < -0.3 is 19.9 Å². The summed E-state index contributed by atoms with van der Waals surface area (Å²) in [6.45, 7) is 4.49. The van der Waals surface area contributed by atoms with Gasteiger partial charge in [0.05, 0.1) is 17.8 Å². The largest absolute Gasteiger partial charge is 0.376 e. The Kier molecular flexibility index (Phi) is 4.44. The van der Waals surface area contributed by atoms with Crippen molar-refractivity contribution in [3.05, 3.63) is 28.2 Å². The number of hydrogen-bond donors (Lipinski definition) is 2. The summed E-state index contributed by atoms with van der Waals surface area (Å²) in [6, 6.07) is 1.18. The van der Waals surface area contributed by atoms with Crippen LogP contribution in [0.2, 0.25) is 0 Å². The smallest absolute Gasteiger partial charge is 0.319 e. The highest BCUT2D eigenvalue weighted by Gasteiger charge is 2.23. The van der Waals surface area contributed by atoms with Gasteiger partial charge in [-0.25, -0.2) is 4.79 Å². The topological polar surface area (TPSA) is 72.4 Å². The number of nitrogens with one attached hydrogen (secondary N) is 2. The predicted molar refractivity (Wildman–Crippen MR) is 77.0 cm³/mol. The molecule has 2 heterocycles. The number of carbonyl (C=O) groups is 1. The molecule has 0 aliphatic carbocycles. The molecular weight excluding hydrogens is 258 g/mol. The van der Waals surface area contributed by atoms with Gasteiger partial charge in [-0.3, -0.25) is 4.79 Å². The fourth-order valence-corrected chi connectivity index (χ4v) is 2.31. The molecule has 0 unspecified atom stereocenters. The van der Waals surface area contributed by atoms with Crippen LogP contribution in [0.25, 0.3) is 0 Å². The lowest BCUT2D eigenvalue weighted by molar-refractivity contribution is 0.0868. The Hall–Kier alpha value is -1.82. The third-order valence-electron chi connectivity index (χ3n) is 3.56. The number of hydrogen-bond acceptors (Lipinski definition) is 3. The van der Waals surface area contributed by atoms with Crippen molar-refractivity contribution in [3.63, 3.8) is 0 Å². The van der Waals surface area contributed by atoms with Crippen LogP contribution in [0.3, 0.4) is 0 Å². The van der Waals surface area contributed by atoms with Gasteiger partial charge in [0.25, 0.3) is 5.56 Å². The maximum absolute atomic E-state index is 12.0. The summed E-state index contributed by atoms with van der Waals surface area (Å²) in [5, 5.41) is 5.64. The zero-order valence-electron chi connectivity index (χ0n) is 12.1. The maximum atomic E-state index is 12.0. The van der Waals surface area contributed by atoms with Gasteiger partial charge >= 0.3 is 6.03 Å². The quantitative estimate of drug-likeness (QED) is 0.878. The minimum Gasteiger partial charge on any atom is -0.376 e. The van der Waals surface area contributed by atoms with Crippen molar-refractivity contribution >= 4 is 11.7 Å². The first-order chi connectivity index (χ1) is 9.47. The molecule has 6 nitrogen and oxygen atoms in total. The standard InChI is InChI=1S/C14H21N3O3/c1-9-7-13(18)17(3)8-11(9)16-14(19)15-10(2)12-5-4-6-20-12/h7-8,10,12H,4-6H2,1-3H3,(H2,15,16,19)/t10-,12-/m0/s1. The van der Waals surface area contributed by atoms with E-state index in [1.54, 1.807) is 20.2 Å². The van der Waals surface area contributed by atoms with E-state index in [4.69, 9.17) is 4.74 Å². The van der Waals surface area contributed by atoms with Gasteiger partial charge in [-0.1, -0.05) is 0 Å². The molecule has 110 valence electrons. The van der Waals surface area contributed by atoms with E-state index >= 15 is 0 Å². The van der Waals surface area contributed by atoms with Crippen molar-refractivity contribution in [1.29, 1.82) is 0 Å². The monoisotopic (exact) mass is 279 g/mol.